The first kappa shape index (κ1) is 14.1. The first-order valence-corrected chi connectivity index (χ1v) is 5.21. The molecule has 0 fully saturated rings. The van der Waals surface area contributed by atoms with Gasteiger partial charge in [-0.2, -0.15) is 0 Å². The second kappa shape index (κ2) is 6.09. The summed E-state index contributed by atoms with van der Waals surface area (Å²) in [4.78, 5) is 22.8. The van der Waals surface area contributed by atoms with Gasteiger partial charge in [-0.05, 0) is 12.1 Å². The van der Waals surface area contributed by atoms with Crippen molar-refractivity contribution in [2.24, 2.45) is 0 Å². The van der Waals surface area contributed by atoms with Crippen LogP contribution in [-0.2, 0) is 14.3 Å². The Balaban J connectivity index is 2.92. The van der Waals surface area contributed by atoms with Crippen LogP contribution in [-0.4, -0.2) is 25.0 Å². The van der Waals surface area contributed by atoms with E-state index in [0.29, 0.717) is 0 Å². The number of Topliss-reactive ketones (excluding diaryl/α,β-unsaturated/α-hetero) is 1. The Morgan fingerprint density at radius 1 is 1.28 bits per heavy atom. The number of carbonyl (C=O) groups excluding carboxylic acids is 2. The lowest BCUT2D eigenvalue weighted by molar-refractivity contribution is -0.153. The van der Waals surface area contributed by atoms with Crippen molar-refractivity contribution in [3.63, 3.8) is 0 Å². The molecule has 0 saturated carbocycles. The number of hydrogen-bond donors (Lipinski definition) is 0. The van der Waals surface area contributed by atoms with Gasteiger partial charge in [0.05, 0.1) is 7.11 Å². The van der Waals surface area contributed by atoms with Gasteiger partial charge >= 0.3 is 5.97 Å². The zero-order valence-electron chi connectivity index (χ0n) is 9.91. The number of ketones is 1. The Morgan fingerprint density at radius 3 is 2.44 bits per heavy atom. The molecule has 0 aliphatic heterocycles. The summed E-state index contributed by atoms with van der Waals surface area (Å²) < 4.78 is 35.1. The van der Waals surface area contributed by atoms with E-state index in [1.54, 1.807) is 6.92 Å². The second-order valence-electron chi connectivity index (χ2n) is 3.42. The van der Waals surface area contributed by atoms with E-state index in [0.717, 1.165) is 25.3 Å². The number of benzene rings is 1. The predicted octanol–water partition coefficient (Wildman–Crippen LogP) is 1.86. The molecule has 0 N–H and O–H groups in total. The van der Waals surface area contributed by atoms with Gasteiger partial charge in [0.25, 0.3) is 6.10 Å². The van der Waals surface area contributed by atoms with Crippen molar-refractivity contribution >= 4 is 11.8 Å². The summed E-state index contributed by atoms with van der Waals surface area (Å²) in [6.45, 7) is 1.55. The minimum absolute atomic E-state index is 0.0590. The molecule has 0 aromatic heterocycles. The van der Waals surface area contributed by atoms with Gasteiger partial charge in [0, 0.05) is 12.5 Å². The van der Waals surface area contributed by atoms with Gasteiger partial charge in [0.15, 0.2) is 17.4 Å². The fourth-order valence-corrected chi connectivity index (χ4v) is 1.22. The monoisotopic (exact) mass is 258 g/mol. The Labute approximate surface area is 103 Å². The summed E-state index contributed by atoms with van der Waals surface area (Å²) in [6, 6.07) is 2.72. The van der Waals surface area contributed by atoms with Crippen LogP contribution in [0.4, 0.5) is 8.78 Å². The molecule has 0 radical (unpaired) electrons. The van der Waals surface area contributed by atoms with E-state index in [2.05, 4.69) is 4.74 Å². The van der Waals surface area contributed by atoms with E-state index in [9.17, 15) is 18.4 Å². The van der Waals surface area contributed by atoms with E-state index < -0.39 is 29.5 Å². The third kappa shape index (κ3) is 3.26. The van der Waals surface area contributed by atoms with Crippen LogP contribution in [0.2, 0.25) is 0 Å². The Morgan fingerprint density at radius 2 is 1.94 bits per heavy atom. The van der Waals surface area contributed by atoms with Gasteiger partial charge in [0.1, 0.15) is 5.75 Å². The normalized spacial score (nSPS) is 11.8. The van der Waals surface area contributed by atoms with Crippen LogP contribution in [0.5, 0.6) is 5.75 Å². The van der Waals surface area contributed by atoms with Gasteiger partial charge in [0.2, 0.25) is 0 Å². The summed E-state index contributed by atoms with van der Waals surface area (Å²) in [6.07, 6.45) is -1.41. The van der Waals surface area contributed by atoms with Crippen molar-refractivity contribution in [2.45, 2.75) is 19.4 Å². The van der Waals surface area contributed by atoms with Crippen LogP contribution < -0.4 is 4.74 Å². The fraction of sp³-hybridized carbons (Fsp3) is 0.333. The quantitative estimate of drug-likeness (QED) is 0.597. The highest BCUT2D eigenvalue weighted by Gasteiger charge is 2.28. The van der Waals surface area contributed by atoms with Crippen LogP contribution in [0.3, 0.4) is 0 Å². The minimum Gasteiger partial charge on any atom is -0.471 e. The van der Waals surface area contributed by atoms with Gasteiger partial charge in [-0.3, -0.25) is 4.79 Å². The first-order chi connectivity index (χ1) is 8.49. The van der Waals surface area contributed by atoms with Gasteiger partial charge in [-0.1, -0.05) is 6.92 Å². The third-order valence-corrected chi connectivity index (χ3v) is 2.20. The molecule has 0 amide bonds. The van der Waals surface area contributed by atoms with Crippen LogP contribution >= 0.6 is 0 Å². The highest BCUT2D eigenvalue weighted by atomic mass is 19.2. The van der Waals surface area contributed by atoms with E-state index in [-0.39, 0.29) is 12.2 Å². The molecular weight excluding hydrogens is 246 g/mol. The number of rotatable bonds is 5. The summed E-state index contributed by atoms with van der Waals surface area (Å²) in [5, 5.41) is 0. The van der Waals surface area contributed by atoms with Gasteiger partial charge < -0.3 is 9.47 Å². The first-order valence-electron chi connectivity index (χ1n) is 5.21. The van der Waals surface area contributed by atoms with Gasteiger partial charge in [-0.15, -0.1) is 0 Å². The highest BCUT2D eigenvalue weighted by Crippen LogP contribution is 2.17. The average molecular weight is 258 g/mol. The lowest BCUT2D eigenvalue weighted by Gasteiger charge is -2.15. The van der Waals surface area contributed by atoms with E-state index in [1.807, 2.05) is 0 Å². The average Bonchev–Trinajstić information content (AvgIpc) is 2.38. The van der Waals surface area contributed by atoms with Crippen molar-refractivity contribution in [2.75, 3.05) is 7.11 Å². The zero-order valence-corrected chi connectivity index (χ0v) is 9.91. The summed E-state index contributed by atoms with van der Waals surface area (Å²) >= 11 is 0. The Hall–Kier alpha value is -1.98. The number of halogens is 2. The molecular formula is C12H12F2O4. The molecule has 0 unspecified atom stereocenters. The molecule has 0 aliphatic carbocycles. The Bertz CT molecular complexity index is 443. The number of carbonyl (C=O) groups is 2. The number of hydrogen-bond acceptors (Lipinski definition) is 4. The van der Waals surface area contributed by atoms with E-state index in [4.69, 9.17) is 4.74 Å². The van der Waals surface area contributed by atoms with Crippen molar-refractivity contribution in [3.05, 3.63) is 29.8 Å². The third-order valence-electron chi connectivity index (χ3n) is 2.20. The molecule has 1 aromatic rings. The maximum Gasteiger partial charge on any atom is 0.354 e. The largest absolute Gasteiger partial charge is 0.471 e. The van der Waals surface area contributed by atoms with Crippen molar-refractivity contribution in [1.82, 2.24) is 0 Å². The summed E-state index contributed by atoms with van der Waals surface area (Å²) in [5.74, 6) is -3.68. The lowest BCUT2D eigenvalue weighted by atomic mass is 10.2. The van der Waals surface area contributed by atoms with Gasteiger partial charge in [-0.25, -0.2) is 13.6 Å². The standard InChI is InChI=1S/C12H12F2O4/c1-3-10(15)11(12(16)17-2)18-7-4-5-8(13)9(14)6-7/h4-6,11H,3H2,1-2H3/t11-/m0/s1. The maximum atomic E-state index is 12.9. The molecule has 0 bridgehead atoms. The number of ether oxygens (including phenoxy) is 2. The van der Waals surface area contributed by atoms with Crippen LogP contribution in [0.25, 0.3) is 0 Å². The fourth-order valence-electron chi connectivity index (χ4n) is 1.22. The molecule has 18 heavy (non-hydrogen) atoms. The van der Waals surface area contributed by atoms with Crippen molar-refractivity contribution in [3.8, 4) is 5.75 Å². The molecule has 0 saturated heterocycles. The molecule has 1 aromatic carbocycles. The number of methoxy groups -OCH3 is 1. The predicted molar refractivity (Wildman–Crippen MR) is 58.1 cm³/mol. The molecule has 0 aliphatic rings. The molecule has 1 rings (SSSR count). The minimum atomic E-state index is -1.47. The second-order valence-corrected chi connectivity index (χ2v) is 3.42. The molecule has 0 spiro atoms. The topological polar surface area (TPSA) is 52.6 Å². The molecule has 98 valence electrons. The SMILES string of the molecule is CCC(=O)[C@H](Oc1ccc(F)c(F)c1)C(=O)OC. The van der Waals surface area contributed by atoms with Crippen molar-refractivity contribution < 1.29 is 27.8 Å². The van der Waals surface area contributed by atoms with Crippen molar-refractivity contribution in [1.29, 1.82) is 0 Å². The van der Waals surface area contributed by atoms with Crippen LogP contribution in [0, 0.1) is 11.6 Å². The Kier molecular flexibility index (Phi) is 4.76. The molecule has 1 atom stereocenters. The summed E-state index contributed by atoms with van der Waals surface area (Å²) in [7, 11) is 1.10. The smallest absolute Gasteiger partial charge is 0.354 e. The molecule has 6 heteroatoms. The maximum absolute atomic E-state index is 12.9. The van der Waals surface area contributed by atoms with E-state index >= 15 is 0 Å². The zero-order chi connectivity index (χ0) is 13.7. The summed E-state index contributed by atoms with van der Waals surface area (Å²) in [5.41, 5.74) is 0. The number of esters is 1. The lowest BCUT2D eigenvalue weighted by Crippen LogP contribution is -2.36. The van der Waals surface area contributed by atoms with Crippen LogP contribution in [0.15, 0.2) is 18.2 Å². The van der Waals surface area contributed by atoms with Crippen LogP contribution in [0.1, 0.15) is 13.3 Å². The molecule has 0 heterocycles. The van der Waals surface area contributed by atoms with E-state index in [1.165, 1.54) is 0 Å². The highest BCUT2D eigenvalue weighted by molar-refractivity contribution is 6.02. The molecule has 4 nitrogen and oxygen atoms in total.